The van der Waals surface area contributed by atoms with Gasteiger partial charge in [0.1, 0.15) is 0 Å². The van der Waals surface area contributed by atoms with E-state index >= 15 is 0 Å². The summed E-state index contributed by atoms with van der Waals surface area (Å²) in [6, 6.07) is 0. The number of aliphatic carboxylic acids is 1. The number of carbonyl (C=O) groups is 1. The molecular weight excluding hydrogens is 132 g/mol. The highest BCUT2D eigenvalue weighted by molar-refractivity contribution is 5.69. The fourth-order valence-corrected chi connectivity index (χ4v) is 0.399. The Balaban J connectivity index is 3.30. The van der Waals surface area contributed by atoms with Gasteiger partial charge in [-0.05, 0) is 6.92 Å². The number of ether oxygens (including phenoxy) is 1. The molecule has 3 heteroatoms. The van der Waals surface area contributed by atoms with E-state index in [0.717, 1.165) is 0 Å². The molecule has 58 valence electrons. The maximum Gasteiger partial charge on any atom is 0.308 e. The lowest BCUT2D eigenvalue weighted by atomic mass is 10.2. The summed E-state index contributed by atoms with van der Waals surface area (Å²) in [4.78, 5) is 10.2. The molecule has 10 heavy (non-hydrogen) atoms. The van der Waals surface area contributed by atoms with Crippen LogP contribution in [0.4, 0.5) is 0 Å². The molecule has 1 atom stereocenters. The fourth-order valence-electron chi connectivity index (χ4n) is 0.399. The first kappa shape index (κ1) is 9.17. The maximum absolute atomic E-state index is 10.2. The van der Waals surface area contributed by atoms with Crippen molar-refractivity contribution < 1.29 is 14.6 Å². The standard InChI is InChI=1S/C7H12O3/c1-3-4-10-5-6(2)7(8)9/h3,6H,1,4-5H2,2H3,(H,8,9)/t6-/m1/s1. The van der Waals surface area contributed by atoms with Crippen LogP contribution in [0.2, 0.25) is 0 Å². The third-order valence-electron chi connectivity index (χ3n) is 1.03. The minimum absolute atomic E-state index is 0.251. The molecule has 0 amide bonds. The predicted molar refractivity (Wildman–Crippen MR) is 37.8 cm³/mol. The van der Waals surface area contributed by atoms with Crippen LogP contribution in [0.5, 0.6) is 0 Å². The summed E-state index contributed by atoms with van der Waals surface area (Å²) in [5.74, 6) is -1.26. The Morgan fingerprint density at radius 2 is 2.50 bits per heavy atom. The Hall–Kier alpha value is -0.830. The first-order valence-electron chi connectivity index (χ1n) is 3.10. The third kappa shape index (κ3) is 4.09. The molecule has 0 aromatic carbocycles. The summed E-state index contributed by atoms with van der Waals surface area (Å²) in [7, 11) is 0. The van der Waals surface area contributed by atoms with Gasteiger partial charge in [0.05, 0.1) is 19.1 Å². The van der Waals surface area contributed by atoms with Gasteiger partial charge in [0.2, 0.25) is 0 Å². The van der Waals surface area contributed by atoms with Crippen LogP contribution in [0.25, 0.3) is 0 Å². The van der Waals surface area contributed by atoms with Crippen molar-refractivity contribution in [2.45, 2.75) is 6.92 Å². The molecule has 0 aliphatic carbocycles. The number of carboxylic acids is 1. The third-order valence-corrected chi connectivity index (χ3v) is 1.03. The molecule has 0 saturated heterocycles. The topological polar surface area (TPSA) is 46.5 Å². The Morgan fingerprint density at radius 3 is 2.90 bits per heavy atom. The van der Waals surface area contributed by atoms with Crippen molar-refractivity contribution in [2.24, 2.45) is 5.92 Å². The van der Waals surface area contributed by atoms with Gasteiger partial charge in [-0.1, -0.05) is 6.08 Å². The second-order valence-electron chi connectivity index (χ2n) is 2.07. The molecule has 0 aliphatic rings. The molecule has 0 heterocycles. The van der Waals surface area contributed by atoms with Gasteiger partial charge in [-0.3, -0.25) is 4.79 Å². The Morgan fingerprint density at radius 1 is 1.90 bits per heavy atom. The van der Waals surface area contributed by atoms with E-state index in [4.69, 9.17) is 9.84 Å². The van der Waals surface area contributed by atoms with Crippen molar-refractivity contribution in [3.05, 3.63) is 12.7 Å². The zero-order chi connectivity index (χ0) is 7.98. The quantitative estimate of drug-likeness (QED) is 0.461. The van der Waals surface area contributed by atoms with E-state index in [-0.39, 0.29) is 6.61 Å². The van der Waals surface area contributed by atoms with Crippen molar-refractivity contribution in [3.63, 3.8) is 0 Å². The number of hydrogen-bond donors (Lipinski definition) is 1. The Bertz CT molecular complexity index is 120. The van der Waals surface area contributed by atoms with Crippen LogP contribution in [0.15, 0.2) is 12.7 Å². The van der Waals surface area contributed by atoms with E-state index < -0.39 is 11.9 Å². The SMILES string of the molecule is C=CCOC[C@@H](C)C(=O)O. The normalized spacial score (nSPS) is 12.5. The van der Waals surface area contributed by atoms with Crippen LogP contribution in [-0.4, -0.2) is 24.3 Å². The van der Waals surface area contributed by atoms with E-state index in [9.17, 15) is 4.79 Å². The highest BCUT2D eigenvalue weighted by Gasteiger charge is 2.09. The molecule has 3 nitrogen and oxygen atoms in total. The first-order valence-corrected chi connectivity index (χ1v) is 3.10. The van der Waals surface area contributed by atoms with Gasteiger partial charge in [-0.25, -0.2) is 0 Å². The predicted octanol–water partition coefficient (Wildman–Crippen LogP) is 0.910. The minimum Gasteiger partial charge on any atom is -0.481 e. The van der Waals surface area contributed by atoms with E-state index in [1.165, 1.54) is 0 Å². The molecule has 0 rings (SSSR count). The first-order chi connectivity index (χ1) is 4.68. The molecule has 0 fully saturated rings. The molecule has 0 bridgehead atoms. The largest absolute Gasteiger partial charge is 0.481 e. The molecule has 0 saturated carbocycles. The fraction of sp³-hybridized carbons (Fsp3) is 0.571. The van der Waals surface area contributed by atoms with Gasteiger partial charge in [-0.2, -0.15) is 0 Å². The van der Waals surface area contributed by atoms with E-state index in [1.807, 2.05) is 0 Å². The summed E-state index contributed by atoms with van der Waals surface area (Å²) in [5, 5.41) is 8.38. The van der Waals surface area contributed by atoms with Crippen molar-refractivity contribution in [1.29, 1.82) is 0 Å². The van der Waals surface area contributed by atoms with Crippen LogP contribution < -0.4 is 0 Å². The molecule has 0 aromatic rings. The van der Waals surface area contributed by atoms with Crippen LogP contribution in [-0.2, 0) is 9.53 Å². The van der Waals surface area contributed by atoms with Crippen molar-refractivity contribution in [3.8, 4) is 0 Å². The lowest BCUT2D eigenvalue weighted by Crippen LogP contribution is -2.15. The summed E-state index contributed by atoms with van der Waals surface area (Å²) < 4.78 is 4.91. The van der Waals surface area contributed by atoms with Gasteiger partial charge in [0, 0.05) is 0 Å². The van der Waals surface area contributed by atoms with Gasteiger partial charge < -0.3 is 9.84 Å². The molecule has 0 aliphatic heterocycles. The summed E-state index contributed by atoms with van der Waals surface area (Å²) in [6.45, 7) is 5.70. The lowest BCUT2D eigenvalue weighted by molar-refractivity contribution is -0.142. The lowest BCUT2D eigenvalue weighted by Gasteiger charge is -2.04. The Labute approximate surface area is 60.3 Å². The van der Waals surface area contributed by atoms with Crippen LogP contribution in [0, 0.1) is 5.92 Å². The number of carboxylic acid groups (broad SMARTS) is 1. The van der Waals surface area contributed by atoms with Gasteiger partial charge in [0.25, 0.3) is 0 Å². The molecule has 0 aromatic heterocycles. The van der Waals surface area contributed by atoms with Crippen molar-refractivity contribution >= 4 is 5.97 Å². The smallest absolute Gasteiger partial charge is 0.308 e. The van der Waals surface area contributed by atoms with Crippen molar-refractivity contribution in [2.75, 3.05) is 13.2 Å². The number of rotatable bonds is 5. The molecular formula is C7H12O3. The molecule has 0 spiro atoms. The van der Waals surface area contributed by atoms with Gasteiger partial charge in [-0.15, -0.1) is 6.58 Å². The van der Waals surface area contributed by atoms with Crippen LogP contribution in [0.1, 0.15) is 6.92 Å². The Kier molecular flexibility index (Phi) is 4.58. The average molecular weight is 144 g/mol. The second-order valence-corrected chi connectivity index (χ2v) is 2.07. The maximum atomic E-state index is 10.2. The zero-order valence-corrected chi connectivity index (χ0v) is 6.04. The molecule has 0 radical (unpaired) electrons. The highest BCUT2D eigenvalue weighted by Crippen LogP contribution is 1.94. The summed E-state index contributed by atoms with van der Waals surface area (Å²) >= 11 is 0. The average Bonchev–Trinajstić information content (AvgIpc) is 1.88. The van der Waals surface area contributed by atoms with Gasteiger partial charge in [0.15, 0.2) is 0 Å². The van der Waals surface area contributed by atoms with Crippen LogP contribution in [0.3, 0.4) is 0 Å². The van der Waals surface area contributed by atoms with Crippen molar-refractivity contribution in [1.82, 2.24) is 0 Å². The number of hydrogen-bond acceptors (Lipinski definition) is 2. The van der Waals surface area contributed by atoms with Gasteiger partial charge >= 0.3 is 5.97 Å². The van der Waals surface area contributed by atoms with E-state index in [0.29, 0.717) is 6.61 Å². The van der Waals surface area contributed by atoms with E-state index in [1.54, 1.807) is 13.0 Å². The summed E-state index contributed by atoms with van der Waals surface area (Å²) in [6.07, 6.45) is 1.59. The molecule has 1 N–H and O–H groups in total. The second kappa shape index (κ2) is 4.99. The van der Waals surface area contributed by atoms with Crippen LogP contribution >= 0.6 is 0 Å². The van der Waals surface area contributed by atoms with E-state index in [2.05, 4.69) is 6.58 Å². The minimum atomic E-state index is -0.830. The zero-order valence-electron chi connectivity index (χ0n) is 6.04. The molecule has 0 unspecified atom stereocenters. The summed E-state index contributed by atoms with van der Waals surface area (Å²) in [5.41, 5.74) is 0. The monoisotopic (exact) mass is 144 g/mol. The highest BCUT2D eigenvalue weighted by atomic mass is 16.5.